The van der Waals surface area contributed by atoms with E-state index in [4.69, 9.17) is 0 Å². The van der Waals surface area contributed by atoms with Crippen LogP contribution in [-0.4, -0.2) is 22.6 Å². The second-order valence-corrected chi connectivity index (χ2v) is 4.31. The molecule has 0 fully saturated rings. The van der Waals surface area contributed by atoms with E-state index in [9.17, 15) is 0 Å². The topological polar surface area (TPSA) is 29.9 Å². The molecule has 1 aromatic heterocycles. The van der Waals surface area contributed by atoms with Gasteiger partial charge in [0.25, 0.3) is 0 Å². The number of aryl methyl sites for hydroxylation is 2. The van der Waals surface area contributed by atoms with Crippen LogP contribution in [0.3, 0.4) is 0 Å². The summed E-state index contributed by atoms with van der Waals surface area (Å²) in [4.78, 5) is 4.39. The van der Waals surface area contributed by atoms with Gasteiger partial charge in [0.15, 0.2) is 0 Å². The van der Waals surface area contributed by atoms with Crippen LogP contribution < -0.4 is 5.32 Å². The zero-order valence-electron chi connectivity index (χ0n) is 10.3. The van der Waals surface area contributed by atoms with Gasteiger partial charge in [-0.3, -0.25) is 0 Å². The molecule has 0 amide bonds. The van der Waals surface area contributed by atoms with Crippen LogP contribution in [0.4, 0.5) is 0 Å². The van der Waals surface area contributed by atoms with Crippen molar-refractivity contribution in [3.8, 4) is 0 Å². The minimum atomic E-state index is 0.590. The summed E-state index contributed by atoms with van der Waals surface area (Å²) in [5.74, 6) is 1.89. The van der Waals surface area contributed by atoms with E-state index in [1.54, 1.807) is 0 Å². The van der Waals surface area contributed by atoms with Crippen LogP contribution in [0.1, 0.15) is 33.0 Å². The number of hydrogen-bond acceptors (Lipinski definition) is 2. The molecule has 0 aliphatic carbocycles. The highest BCUT2D eigenvalue weighted by atomic mass is 15.1. The number of hydrogen-bond donors (Lipinski definition) is 1. The zero-order valence-corrected chi connectivity index (χ0v) is 10.3. The Balaban J connectivity index is 2.48. The molecule has 0 radical (unpaired) electrons. The lowest BCUT2D eigenvalue weighted by Gasteiger charge is -2.19. The van der Waals surface area contributed by atoms with Crippen molar-refractivity contribution in [1.82, 2.24) is 14.9 Å². The fourth-order valence-corrected chi connectivity index (χ4v) is 1.95. The first kappa shape index (κ1) is 12.2. The molecule has 3 nitrogen and oxygen atoms in total. The lowest BCUT2D eigenvalue weighted by Crippen LogP contribution is -2.31. The highest BCUT2D eigenvalue weighted by molar-refractivity contribution is 4.93. The molecule has 1 rings (SSSR count). The average molecular weight is 209 g/mol. The van der Waals surface area contributed by atoms with E-state index in [1.807, 2.05) is 13.2 Å². The highest BCUT2D eigenvalue weighted by Gasteiger charge is 2.12. The number of aromatic nitrogens is 2. The van der Waals surface area contributed by atoms with Crippen LogP contribution in [-0.2, 0) is 13.0 Å². The molecular formula is C12H23N3. The quantitative estimate of drug-likeness (QED) is 0.777. The highest BCUT2D eigenvalue weighted by Crippen LogP contribution is 2.09. The van der Waals surface area contributed by atoms with Crippen LogP contribution in [0.15, 0.2) is 12.4 Å². The first-order chi connectivity index (χ1) is 7.19. The van der Waals surface area contributed by atoms with Gasteiger partial charge in [-0.15, -0.1) is 0 Å². The molecule has 0 aliphatic rings. The standard InChI is InChI=1S/C12H23N3/c1-5-15-9-8-14-12(15)7-6-11(13-4)10(2)3/h8-11,13H,5-7H2,1-4H3. The first-order valence-corrected chi connectivity index (χ1v) is 5.86. The summed E-state index contributed by atoms with van der Waals surface area (Å²) in [5, 5.41) is 3.36. The average Bonchev–Trinajstić information content (AvgIpc) is 2.65. The Morgan fingerprint density at radius 2 is 2.20 bits per heavy atom. The summed E-state index contributed by atoms with van der Waals surface area (Å²) in [7, 11) is 2.04. The molecule has 1 atom stereocenters. The molecule has 0 bridgehead atoms. The van der Waals surface area contributed by atoms with E-state index in [0.29, 0.717) is 12.0 Å². The van der Waals surface area contributed by atoms with E-state index in [-0.39, 0.29) is 0 Å². The molecule has 0 aromatic carbocycles. The minimum absolute atomic E-state index is 0.590. The molecular weight excluding hydrogens is 186 g/mol. The van der Waals surface area contributed by atoms with Crippen molar-refractivity contribution in [1.29, 1.82) is 0 Å². The Hall–Kier alpha value is -0.830. The van der Waals surface area contributed by atoms with Crippen molar-refractivity contribution in [2.24, 2.45) is 5.92 Å². The summed E-state index contributed by atoms with van der Waals surface area (Å²) in [6, 6.07) is 0.590. The summed E-state index contributed by atoms with van der Waals surface area (Å²) in [5.41, 5.74) is 0. The summed E-state index contributed by atoms with van der Waals surface area (Å²) >= 11 is 0. The number of imidazole rings is 1. The van der Waals surface area contributed by atoms with Crippen molar-refractivity contribution in [3.05, 3.63) is 18.2 Å². The monoisotopic (exact) mass is 209 g/mol. The summed E-state index contributed by atoms with van der Waals surface area (Å²) in [6.45, 7) is 7.69. The van der Waals surface area contributed by atoms with Crippen LogP contribution in [0.2, 0.25) is 0 Å². The molecule has 0 saturated heterocycles. The molecule has 15 heavy (non-hydrogen) atoms. The third kappa shape index (κ3) is 3.34. The first-order valence-electron chi connectivity index (χ1n) is 5.86. The van der Waals surface area contributed by atoms with E-state index in [2.05, 4.69) is 41.8 Å². The molecule has 0 spiro atoms. The van der Waals surface area contributed by atoms with Crippen molar-refractivity contribution in [2.45, 2.75) is 46.2 Å². The van der Waals surface area contributed by atoms with E-state index in [1.165, 1.54) is 5.82 Å². The SMILES string of the molecule is CCn1ccnc1CCC(NC)C(C)C. The molecule has 0 saturated carbocycles. The van der Waals surface area contributed by atoms with Gasteiger partial charge in [-0.25, -0.2) is 4.98 Å². The van der Waals surface area contributed by atoms with Gasteiger partial charge in [0.2, 0.25) is 0 Å². The van der Waals surface area contributed by atoms with Crippen LogP contribution in [0.25, 0.3) is 0 Å². The van der Waals surface area contributed by atoms with Crippen molar-refractivity contribution < 1.29 is 0 Å². The Morgan fingerprint density at radius 1 is 1.47 bits per heavy atom. The van der Waals surface area contributed by atoms with Gasteiger partial charge in [0.05, 0.1) is 0 Å². The Labute approximate surface area is 92.9 Å². The molecule has 1 N–H and O–H groups in total. The zero-order chi connectivity index (χ0) is 11.3. The largest absolute Gasteiger partial charge is 0.335 e. The maximum absolute atomic E-state index is 4.39. The third-order valence-corrected chi connectivity index (χ3v) is 3.00. The van der Waals surface area contributed by atoms with Gasteiger partial charge in [-0.2, -0.15) is 0 Å². The minimum Gasteiger partial charge on any atom is -0.335 e. The predicted molar refractivity (Wildman–Crippen MR) is 63.9 cm³/mol. The number of nitrogens with one attached hydrogen (secondary N) is 1. The molecule has 0 aliphatic heterocycles. The molecule has 1 unspecified atom stereocenters. The Bertz CT molecular complexity index is 278. The van der Waals surface area contributed by atoms with Gasteiger partial charge >= 0.3 is 0 Å². The van der Waals surface area contributed by atoms with E-state index >= 15 is 0 Å². The van der Waals surface area contributed by atoms with Crippen molar-refractivity contribution >= 4 is 0 Å². The maximum Gasteiger partial charge on any atom is 0.108 e. The number of rotatable bonds is 6. The second kappa shape index (κ2) is 5.91. The van der Waals surface area contributed by atoms with Gasteiger partial charge < -0.3 is 9.88 Å². The fraction of sp³-hybridized carbons (Fsp3) is 0.750. The van der Waals surface area contributed by atoms with Crippen LogP contribution >= 0.6 is 0 Å². The van der Waals surface area contributed by atoms with E-state index in [0.717, 1.165) is 19.4 Å². The second-order valence-electron chi connectivity index (χ2n) is 4.31. The molecule has 86 valence electrons. The fourth-order valence-electron chi connectivity index (χ4n) is 1.95. The smallest absolute Gasteiger partial charge is 0.108 e. The van der Waals surface area contributed by atoms with Crippen molar-refractivity contribution in [2.75, 3.05) is 7.05 Å². The van der Waals surface area contributed by atoms with Gasteiger partial charge in [-0.05, 0) is 26.3 Å². The third-order valence-electron chi connectivity index (χ3n) is 3.00. The summed E-state index contributed by atoms with van der Waals surface area (Å²) in [6.07, 6.45) is 6.16. The lowest BCUT2D eigenvalue weighted by molar-refractivity contribution is 0.398. The van der Waals surface area contributed by atoms with Crippen LogP contribution in [0.5, 0.6) is 0 Å². The van der Waals surface area contributed by atoms with Gasteiger partial charge in [0, 0.05) is 31.4 Å². The number of nitrogens with zero attached hydrogens (tertiary/aromatic N) is 2. The Kier molecular flexibility index (Phi) is 4.82. The van der Waals surface area contributed by atoms with Crippen LogP contribution in [0, 0.1) is 5.92 Å². The lowest BCUT2D eigenvalue weighted by atomic mass is 9.99. The van der Waals surface area contributed by atoms with E-state index < -0.39 is 0 Å². The van der Waals surface area contributed by atoms with Gasteiger partial charge in [-0.1, -0.05) is 13.8 Å². The van der Waals surface area contributed by atoms with Gasteiger partial charge in [0.1, 0.15) is 5.82 Å². The molecule has 1 heterocycles. The molecule has 3 heteroatoms. The normalized spacial score (nSPS) is 13.4. The predicted octanol–water partition coefficient (Wildman–Crippen LogP) is 2.08. The summed E-state index contributed by atoms with van der Waals surface area (Å²) < 4.78 is 2.22. The van der Waals surface area contributed by atoms with Crippen molar-refractivity contribution in [3.63, 3.8) is 0 Å². The maximum atomic E-state index is 4.39. The molecule has 1 aromatic rings. The Morgan fingerprint density at radius 3 is 2.73 bits per heavy atom.